The average molecular weight is 214 g/mol. The van der Waals surface area contributed by atoms with Gasteiger partial charge in [-0.2, -0.15) is 10.2 Å². The average Bonchev–Trinajstić information content (AvgIpc) is 2.67. The Morgan fingerprint density at radius 1 is 1.44 bits per heavy atom. The molecule has 4 heteroatoms. The Labute approximate surface area is 94.3 Å². The fraction of sp³-hybridized carbons (Fsp3) is 0.250. The summed E-state index contributed by atoms with van der Waals surface area (Å²) in [6, 6.07) is 6.11. The summed E-state index contributed by atoms with van der Waals surface area (Å²) < 4.78 is 2.00. The molecule has 0 unspecified atom stereocenters. The summed E-state index contributed by atoms with van der Waals surface area (Å²) in [5, 5.41) is 7.95. The predicted molar refractivity (Wildman–Crippen MR) is 67.1 cm³/mol. The highest BCUT2D eigenvalue weighted by Gasteiger charge is 2.02. The Hall–Kier alpha value is -1.97. The fourth-order valence-corrected chi connectivity index (χ4v) is 1.56. The van der Waals surface area contributed by atoms with Crippen LogP contribution in [-0.2, 0) is 7.05 Å². The van der Waals surface area contributed by atoms with E-state index < -0.39 is 0 Å². The van der Waals surface area contributed by atoms with Crippen molar-refractivity contribution >= 4 is 23.0 Å². The van der Waals surface area contributed by atoms with Crippen LogP contribution in [0.1, 0.15) is 19.4 Å². The SMILES string of the molecule is C/C=N\N=C(/C)c1ccc2c(c1)ncn2C. The zero-order chi connectivity index (χ0) is 11.5. The molecule has 1 aromatic heterocycles. The molecule has 0 radical (unpaired) electrons. The highest BCUT2D eigenvalue weighted by Crippen LogP contribution is 2.14. The van der Waals surface area contributed by atoms with Crippen molar-refractivity contribution in [1.82, 2.24) is 9.55 Å². The van der Waals surface area contributed by atoms with Crippen LogP contribution < -0.4 is 0 Å². The Kier molecular flexibility index (Phi) is 2.81. The molecule has 0 aliphatic heterocycles. The van der Waals surface area contributed by atoms with Crippen molar-refractivity contribution in [2.45, 2.75) is 13.8 Å². The van der Waals surface area contributed by atoms with Crippen molar-refractivity contribution < 1.29 is 0 Å². The molecule has 82 valence electrons. The number of fused-ring (bicyclic) bond motifs is 1. The van der Waals surface area contributed by atoms with Crippen molar-refractivity contribution in [2.75, 3.05) is 0 Å². The summed E-state index contributed by atoms with van der Waals surface area (Å²) in [5.74, 6) is 0. The van der Waals surface area contributed by atoms with Crippen LogP contribution in [0.15, 0.2) is 34.7 Å². The molecule has 0 aliphatic carbocycles. The van der Waals surface area contributed by atoms with Crippen molar-refractivity contribution in [2.24, 2.45) is 17.3 Å². The maximum Gasteiger partial charge on any atom is 0.0955 e. The second kappa shape index (κ2) is 4.26. The number of nitrogens with zero attached hydrogens (tertiary/aromatic N) is 4. The second-order valence-corrected chi connectivity index (χ2v) is 3.62. The van der Waals surface area contributed by atoms with Crippen molar-refractivity contribution in [1.29, 1.82) is 0 Å². The zero-order valence-electron chi connectivity index (χ0n) is 9.68. The molecule has 0 atom stereocenters. The van der Waals surface area contributed by atoms with Crippen LogP contribution in [0.25, 0.3) is 11.0 Å². The molecule has 0 saturated heterocycles. The van der Waals surface area contributed by atoms with Crippen LogP contribution in [0.5, 0.6) is 0 Å². The lowest BCUT2D eigenvalue weighted by Crippen LogP contribution is -1.94. The second-order valence-electron chi connectivity index (χ2n) is 3.62. The first kappa shape index (κ1) is 10.5. The van der Waals surface area contributed by atoms with Crippen LogP contribution in [0, 0.1) is 0 Å². The standard InChI is InChI=1S/C12H14N4/c1-4-14-15-9(2)10-5-6-12-11(7-10)13-8-16(12)3/h4-8H,1-3H3/b14-4-,15-9+. The molecule has 0 bridgehead atoms. The van der Waals surface area contributed by atoms with Crippen LogP contribution >= 0.6 is 0 Å². The first-order chi connectivity index (χ1) is 7.72. The lowest BCUT2D eigenvalue weighted by Gasteiger charge is -1.99. The van der Waals surface area contributed by atoms with E-state index in [1.807, 2.05) is 50.0 Å². The summed E-state index contributed by atoms with van der Waals surface area (Å²) in [5.41, 5.74) is 4.05. The first-order valence-corrected chi connectivity index (χ1v) is 5.16. The molecular formula is C12H14N4. The molecule has 0 spiro atoms. The smallest absolute Gasteiger partial charge is 0.0955 e. The maximum absolute atomic E-state index is 4.31. The van der Waals surface area contributed by atoms with Gasteiger partial charge in [-0.15, -0.1) is 0 Å². The summed E-state index contributed by atoms with van der Waals surface area (Å²) >= 11 is 0. The quantitative estimate of drug-likeness (QED) is 0.559. The highest BCUT2D eigenvalue weighted by molar-refractivity contribution is 6.01. The predicted octanol–water partition coefficient (Wildman–Crippen LogP) is 2.39. The van der Waals surface area contributed by atoms with Gasteiger partial charge in [0.1, 0.15) is 0 Å². The Morgan fingerprint density at radius 3 is 3.00 bits per heavy atom. The van der Waals surface area contributed by atoms with Gasteiger partial charge in [-0.1, -0.05) is 6.07 Å². The fourth-order valence-electron chi connectivity index (χ4n) is 1.56. The third kappa shape index (κ3) is 1.86. The Bertz CT molecular complexity index is 563. The summed E-state index contributed by atoms with van der Waals surface area (Å²) in [6.45, 7) is 3.79. The van der Waals surface area contributed by atoms with Gasteiger partial charge in [-0.05, 0) is 31.5 Å². The lowest BCUT2D eigenvalue weighted by atomic mass is 10.1. The molecule has 0 saturated carbocycles. The number of hydrogen-bond acceptors (Lipinski definition) is 3. The minimum atomic E-state index is 0.894. The summed E-state index contributed by atoms with van der Waals surface area (Å²) in [4.78, 5) is 4.31. The van der Waals surface area contributed by atoms with Crippen LogP contribution in [0.4, 0.5) is 0 Å². The first-order valence-electron chi connectivity index (χ1n) is 5.16. The molecule has 0 fully saturated rings. The van der Waals surface area contributed by atoms with Gasteiger partial charge in [0.05, 0.1) is 23.1 Å². The summed E-state index contributed by atoms with van der Waals surface area (Å²) in [6.07, 6.45) is 3.48. The molecule has 16 heavy (non-hydrogen) atoms. The molecule has 1 heterocycles. The van der Waals surface area contributed by atoms with Crippen LogP contribution in [0.2, 0.25) is 0 Å². The van der Waals surface area contributed by atoms with Gasteiger partial charge in [-0.3, -0.25) is 0 Å². The topological polar surface area (TPSA) is 42.5 Å². The molecule has 4 nitrogen and oxygen atoms in total. The number of imidazole rings is 1. The Balaban J connectivity index is 2.47. The lowest BCUT2D eigenvalue weighted by molar-refractivity contribution is 0.947. The van der Waals surface area contributed by atoms with E-state index in [1.165, 1.54) is 0 Å². The van der Waals surface area contributed by atoms with Gasteiger partial charge < -0.3 is 4.57 Å². The van der Waals surface area contributed by atoms with E-state index in [0.717, 1.165) is 22.3 Å². The third-order valence-electron chi connectivity index (χ3n) is 2.47. The summed E-state index contributed by atoms with van der Waals surface area (Å²) in [7, 11) is 1.98. The van der Waals surface area contributed by atoms with E-state index in [9.17, 15) is 0 Å². The number of aryl methyl sites for hydroxylation is 1. The number of aromatic nitrogens is 2. The largest absolute Gasteiger partial charge is 0.334 e. The monoisotopic (exact) mass is 214 g/mol. The molecule has 0 N–H and O–H groups in total. The van der Waals surface area contributed by atoms with Gasteiger partial charge in [0.2, 0.25) is 0 Å². The van der Waals surface area contributed by atoms with Crippen LogP contribution in [0.3, 0.4) is 0 Å². The highest BCUT2D eigenvalue weighted by atomic mass is 15.2. The van der Waals surface area contributed by atoms with E-state index in [0.29, 0.717) is 0 Å². The molecule has 1 aromatic carbocycles. The van der Waals surface area contributed by atoms with Gasteiger partial charge in [0.25, 0.3) is 0 Å². The number of benzene rings is 1. The molecular weight excluding hydrogens is 200 g/mol. The van der Waals surface area contributed by atoms with E-state index >= 15 is 0 Å². The van der Waals surface area contributed by atoms with Crippen LogP contribution in [-0.4, -0.2) is 21.5 Å². The molecule has 0 amide bonds. The van der Waals surface area contributed by atoms with E-state index in [4.69, 9.17) is 0 Å². The normalized spacial score (nSPS) is 12.8. The number of rotatable bonds is 2. The maximum atomic E-state index is 4.31. The van der Waals surface area contributed by atoms with Crippen molar-refractivity contribution in [3.05, 3.63) is 30.1 Å². The number of hydrogen-bond donors (Lipinski definition) is 0. The molecule has 0 aliphatic rings. The minimum Gasteiger partial charge on any atom is -0.334 e. The Morgan fingerprint density at radius 2 is 2.25 bits per heavy atom. The van der Waals surface area contributed by atoms with Gasteiger partial charge in [0, 0.05) is 13.3 Å². The van der Waals surface area contributed by atoms with Gasteiger partial charge in [0.15, 0.2) is 0 Å². The molecule has 2 rings (SSSR count). The van der Waals surface area contributed by atoms with Gasteiger partial charge >= 0.3 is 0 Å². The zero-order valence-corrected chi connectivity index (χ0v) is 9.68. The van der Waals surface area contributed by atoms with E-state index in [-0.39, 0.29) is 0 Å². The molecule has 2 aromatic rings. The van der Waals surface area contributed by atoms with Crippen molar-refractivity contribution in [3.8, 4) is 0 Å². The minimum absolute atomic E-state index is 0.894. The van der Waals surface area contributed by atoms with Gasteiger partial charge in [-0.25, -0.2) is 4.98 Å². The third-order valence-corrected chi connectivity index (χ3v) is 2.47. The van der Waals surface area contributed by atoms with Crippen molar-refractivity contribution in [3.63, 3.8) is 0 Å². The van der Waals surface area contributed by atoms with E-state index in [2.05, 4.69) is 15.2 Å². The van der Waals surface area contributed by atoms with E-state index in [1.54, 1.807) is 6.21 Å².